The van der Waals surface area contributed by atoms with Gasteiger partial charge in [0.2, 0.25) is 0 Å². The minimum atomic E-state index is -0.859. The van der Waals surface area contributed by atoms with E-state index < -0.39 is 17.6 Å². The van der Waals surface area contributed by atoms with Crippen molar-refractivity contribution < 1.29 is 19.1 Å². The van der Waals surface area contributed by atoms with Crippen molar-refractivity contribution in [2.45, 2.75) is 33.2 Å². The van der Waals surface area contributed by atoms with Crippen LogP contribution in [0.5, 0.6) is 0 Å². The molecule has 1 unspecified atom stereocenters. The summed E-state index contributed by atoms with van der Waals surface area (Å²) in [5, 5.41) is 13.8. The number of hydrogen-bond donors (Lipinski definition) is 3. The van der Waals surface area contributed by atoms with Crippen LogP contribution in [0.2, 0.25) is 0 Å². The number of anilines is 1. The Hall–Kier alpha value is -1.95. The minimum absolute atomic E-state index is 0.0755. The first kappa shape index (κ1) is 17.1. The molecule has 116 valence electrons. The van der Waals surface area contributed by atoms with Gasteiger partial charge in [-0.3, -0.25) is 9.59 Å². The van der Waals surface area contributed by atoms with E-state index in [-0.39, 0.29) is 24.3 Å². The molecule has 0 fully saturated rings. The zero-order valence-corrected chi connectivity index (χ0v) is 12.4. The number of nitrogens with one attached hydrogen (secondary N) is 2. The Morgan fingerprint density at radius 3 is 2.48 bits per heavy atom. The summed E-state index contributed by atoms with van der Waals surface area (Å²) in [4.78, 5) is 23.6. The molecule has 0 saturated carbocycles. The van der Waals surface area contributed by atoms with Gasteiger partial charge in [-0.2, -0.15) is 0 Å². The molecule has 1 rings (SSSR count). The number of aliphatic hydroxyl groups excluding tert-OH is 1. The van der Waals surface area contributed by atoms with Crippen LogP contribution in [0.3, 0.4) is 0 Å². The smallest absolute Gasteiger partial charge is 0.313 e. The number of halogens is 1. The van der Waals surface area contributed by atoms with E-state index in [0.717, 1.165) is 6.07 Å². The van der Waals surface area contributed by atoms with Gasteiger partial charge in [0, 0.05) is 18.3 Å². The molecule has 1 atom stereocenters. The first-order valence-corrected chi connectivity index (χ1v) is 6.84. The lowest BCUT2D eigenvalue weighted by atomic mass is 10.0. The molecule has 1 aromatic rings. The van der Waals surface area contributed by atoms with Crippen LogP contribution in [0.1, 0.15) is 25.8 Å². The Morgan fingerprint density at radius 2 is 1.95 bits per heavy atom. The second-order valence-corrected chi connectivity index (χ2v) is 5.25. The molecule has 0 spiro atoms. The Balaban J connectivity index is 2.65. The van der Waals surface area contributed by atoms with Crippen LogP contribution in [0, 0.1) is 18.7 Å². The van der Waals surface area contributed by atoms with Crippen molar-refractivity contribution in [3.05, 3.63) is 29.6 Å². The molecule has 0 heterocycles. The standard InChI is InChI=1S/C15H21FN2O3/c1-9(2)13(6-7-19)18-15(21)14(20)17-11-5-4-10(3)12(16)8-11/h4-5,8-9,13,19H,6-7H2,1-3H3,(H,17,20)(H,18,21). The minimum Gasteiger partial charge on any atom is -0.396 e. The van der Waals surface area contributed by atoms with E-state index in [0.29, 0.717) is 12.0 Å². The van der Waals surface area contributed by atoms with Crippen molar-refractivity contribution in [2.75, 3.05) is 11.9 Å². The molecule has 0 aromatic heterocycles. The van der Waals surface area contributed by atoms with Crippen LogP contribution >= 0.6 is 0 Å². The Bertz CT molecular complexity index is 518. The van der Waals surface area contributed by atoms with Crippen LogP contribution in [0.4, 0.5) is 10.1 Å². The van der Waals surface area contributed by atoms with Gasteiger partial charge in [0.25, 0.3) is 0 Å². The third-order valence-electron chi connectivity index (χ3n) is 3.20. The van der Waals surface area contributed by atoms with Gasteiger partial charge in [-0.05, 0) is 37.0 Å². The van der Waals surface area contributed by atoms with Crippen molar-refractivity contribution in [3.8, 4) is 0 Å². The highest BCUT2D eigenvalue weighted by Gasteiger charge is 2.20. The summed E-state index contributed by atoms with van der Waals surface area (Å²) in [6.07, 6.45) is 0.371. The maximum absolute atomic E-state index is 13.4. The van der Waals surface area contributed by atoms with Crippen molar-refractivity contribution in [1.29, 1.82) is 0 Å². The van der Waals surface area contributed by atoms with E-state index in [1.54, 1.807) is 6.92 Å². The van der Waals surface area contributed by atoms with E-state index in [4.69, 9.17) is 5.11 Å². The number of rotatable bonds is 5. The van der Waals surface area contributed by atoms with Crippen molar-refractivity contribution in [1.82, 2.24) is 5.32 Å². The fourth-order valence-electron chi connectivity index (χ4n) is 1.80. The molecule has 0 bridgehead atoms. The lowest BCUT2D eigenvalue weighted by Gasteiger charge is -2.21. The first-order chi connectivity index (χ1) is 9.85. The quantitative estimate of drug-likeness (QED) is 0.722. The molecule has 3 N–H and O–H groups in total. The van der Waals surface area contributed by atoms with Gasteiger partial charge in [0.05, 0.1) is 0 Å². The summed E-state index contributed by atoms with van der Waals surface area (Å²) in [5.41, 5.74) is 0.682. The Labute approximate surface area is 123 Å². The lowest BCUT2D eigenvalue weighted by molar-refractivity contribution is -0.136. The summed E-state index contributed by atoms with van der Waals surface area (Å²) >= 11 is 0. The number of amides is 2. The van der Waals surface area contributed by atoms with Gasteiger partial charge >= 0.3 is 11.8 Å². The van der Waals surface area contributed by atoms with Gasteiger partial charge in [-0.15, -0.1) is 0 Å². The third-order valence-corrected chi connectivity index (χ3v) is 3.20. The molecule has 6 heteroatoms. The monoisotopic (exact) mass is 296 g/mol. The Kier molecular flexibility index (Phi) is 6.30. The SMILES string of the molecule is Cc1ccc(NC(=O)C(=O)NC(CCO)C(C)C)cc1F. The van der Waals surface area contributed by atoms with Gasteiger partial charge in [-0.25, -0.2) is 4.39 Å². The second kappa shape index (κ2) is 7.73. The third kappa shape index (κ3) is 5.15. The summed E-state index contributed by atoms with van der Waals surface area (Å²) in [6, 6.07) is 3.92. The maximum Gasteiger partial charge on any atom is 0.313 e. The molecule has 0 aliphatic rings. The zero-order valence-electron chi connectivity index (χ0n) is 12.4. The van der Waals surface area contributed by atoms with E-state index in [2.05, 4.69) is 10.6 Å². The molecule has 1 aromatic carbocycles. The van der Waals surface area contributed by atoms with Gasteiger partial charge in [0.15, 0.2) is 0 Å². The van der Waals surface area contributed by atoms with Crippen LogP contribution in [-0.2, 0) is 9.59 Å². The van der Waals surface area contributed by atoms with E-state index in [9.17, 15) is 14.0 Å². The highest BCUT2D eigenvalue weighted by molar-refractivity contribution is 6.39. The number of carbonyl (C=O) groups excluding carboxylic acids is 2. The highest BCUT2D eigenvalue weighted by atomic mass is 19.1. The molecule has 0 aliphatic carbocycles. The summed E-state index contributed by atoms with van der Waals surface area (Å²) < 4.78 is 13.4. The van der Waals surface area contributed by atoms with Gasteiger partial charge in [0.1, 0.15) is 5.82 Å². The maximum atomic E-state index is 13.4. The molecular formula is C15H21FN2O3. The van der Waals surface area contributed by atoms with Crippen molar-refractivity contribution >= 4 is 17.5 Å². The fourth-order valence-corrected chi connectivity index (χ4v) is 1.80. The molecular weight excluding hydrogens is 275 g/mol. The fraction of sp³-hybridized carbons (Fsp3) is 0.467. The first-order valence-electron chi connectivity index (χ1n) is 6.84. The van der Waals surface area contributed by atoms with E-state index in [1.165, 1.54) is 12.1 Å². The van der Waals surface area contributed by atoms with Crippen molar-refractivity contribution in [3.63, 3.8) is 0 Å². The number of aliphatic hydroxyl groups is 1. The number of aryl methyl sites for hydroxylation is 1. The highest BCUT2D eigenvalue weighted by Crippen LogP contribution is 2.13. The number of benzene rings is 1. The lowest BCUT2D eigenvalue weighted by Crippen LogP contribution is -2.44. The number of hydrogen-bond acceptors (Lipinski definition) is 3. The molecule has 0 radical (unpaired) electrons. The number of carbonyl (C=O) groups is 2. The van der Waals surface area contributed by atoms with E-state index >= 15 is 0 Å². The largest absolute Gasteiger partial charge is 0.396 e. The normalized spacial score (nSPS) is 12.1. The van der Waals surface area contributed by atoms with Crippen LogP contribution in [-0.4, -0.2) is 29.6 Å². The van der Waals surface area contributed by atoms with Gasteiger partial charge < -0.3 is 15.7 Å². The van der Waals surface area contributed by atoms with Gasteiger partial charge in [-0.1, -0.05) is 19.9 Å². The second-order valence-electron chi connectivity index (χ2n) is 5.25. The van der Waals surface area contributed by atoms with Crippen LogP contribution < -0.4 is 10.6 Å². The topological polar surface area (TPSA) is 78.4 Å². The summed E-state index contributed by atoms with van der Waals surface area (Å²) in [6.45, 7) is 5.30. The molecule has 0 aliphatic heterocycles. The average molecular weight is 296 g/mol. The molecule has 5 nitrogen and oxygen atoms in total. The zero-order chi connectivity index (χ0) is 16.0. The molecule has 0 saturated heterocycles. The molecule has 2 amide bonds. The van der Waals surface area contributed by atoms with Crippen molar-refractivity contribution in [2.24, 2.45) is 5.92 Å². The molecule has 21 heavy (non-hydrogen) atoms. The van der Waals surface area contributed by atoms with Crippen LogP contribution in [0.15, 0.2) is 18.2 Å². The average Bonchev–Trinajstić information content (AvgIpc) is 2.42. The summed E-state index contributed by atoms with van der Waals surface area (Å²) in [7, 11) is 0. The van der Waals surface area contributed by atoms with E-state index in [1.807, 2.05) is 13.8 Å². The Morgan fingerprint density at radius 1 is 1.29 bits per heavy atom. The predicted molar refractivity (Wildman–Crippen MR) is 78.2 cm³/mol. The summed E-state index contributed by atoms with van der Waals surface area (Å²) in [5.74, 6) is -2.02. The predicted octanol–water partition coefficient (Wildman–Crippen LogP) is 1.60. The van der Waals surface area contributed by atoms with Crippen LogP contribution in [0.25, 0.3) is 0 Å².